The van der Waals surface area contributed by atoms with Crippen molar-refractivity contribution in [2.24, 2.45) is 0 Å². The van der Waals surface area contributed by atoms with E-state index in [1.165, 1.54) is 5.56 Å². The molecule has 0 fully saturated rings. The highest BCUT2D eigenvalue weighted by molar-refractivity contribution is 7.98. The predicted octanol–water partition coefficient (Wildman–Crippen LogP) is 3.68. The molecule has 0 heterocycles. The number of aryl methyl sites for hydroxylation is 2. The summed E-state index contributed by atoms with van der Waals surface area (Å²) in [5, 5.41) is 2.85. The highest BCUT2D eigenvalue weighted by Crippen LogP contribution is 2.13. The Bertz CT molecular complexity index is 914. The lowest BCUT2D eigenvalue weighted by molar-refractivity contribution is -0.122. The van der Waals surface area contributed by atoms with Crippen molar-refractivity contribution in [3.05, 3.63) is 59.7 Å². The molecule has 0 radical (unpaired) electrons. The van der Waals surface area contributed by atoms with Gasteiger partial charge in [0.1, 0.15) is 11.8 Å². The van der Waals surface area contributed by atoms with E-state index in [4.69, 9.17) is 4.74 Å². The minimum absolute atomic E-state index is 0.160. The van der Waals surface area contributed by atoms with Crippen LogP contribution in [0.5, 0.6) is 5.75 Å². The summed E-state index contributed by atoms with van der Waals surface area (Å²) in [5.74, 6) is 1.21. The average Bonchev–Trinajstić information content (AvgIpc) is 2.75. The average molecular weight is 465 g/mol. The molecule has 2 aromatic rings. The molecule has 2 N–H and O–H groups in total. The van der Waals surface area contributed by atoms with Gasteiger partial charge in [-0.15, -0.1) is 0 Å². The molecule has 170 valence electrons. The molecule has 1 amide bonds. The van der Waals surface area contributed by atoms with Crippen LogP contribution in [-0.2, 0) is 14.8 Å². The normalized spacial score (nSPS) is 12.4. The highest BCUT2D eigenvalue weighted by atomic mass is 32.2. The van der Waals surface area contributed by atoms with Gasteiger partial charge in [-0.25, -0.2) is 8.42 Å². The number of ether oxygens (including phenoxy) is 1. The van der Waals surface area contributed by atoms with Crippen molar-refractivity contribution in [2.45, 2.75) is 44.0 Å². The Labute approximate surface area is 190 Å². The minimum atomic E-state index is -3.76. The molecule has 1 unspecified atom stereocenters. The molecular weight excluding hydrogens is 432 g/mol. The maximum absolute atomic E-state index is 12.7. The van der Waals surface area contributed by atoms with Gasteiger partial charge in [0.25, 0.3) is 0 Å². The van der Waals surface area contributed by atoms with Gasteiger partial charge in [0.15, 0.2) is 0 Å². The van der Waals surface area contributed by atoms with Crippen LogP contribution in [0.4, 0.5) is 0 Å². The number of unbranched alkanes of at least 4 members (excludes halogenated alkanes) is 1. The number of amides is 1. The largest absolute Gasteiger partial charge is 0.494 e. The van der Waals surface area contributed by atoms with Crippen LogP contribution in [0.1, 0.15) is 30.4 Å². The van der Waals surface area contributed by atoms with Gasteiger partial charge in [0, 0.05) is 6.54 Å². The van der Waals surface area contributed by atoms with E-state index in [9.17, 15) is 13.2 Å². The number of sulfonamides is 1. The zero-order valence-corrected chi connectivity index (χ0v) is 20.0. The number of rotatable bonds is 13. The summed E-state index contributed by atoms with van der Waals surface area (Å²) in [6, 6.07) is 13.7. The van der Waals surface area contributed by atoms with Crippen molar-refractivity contribution in [3.63, 3.8) is 0 Å². The first-order valence-electron chi connectivity index (χ1n) is 10.4. The van der Waals surface area contributed by atoms with E-state index < -0.39 is 16.1 Å². The molecule has 6 nitrogen and oxygen atoms in total. The van der Waals surface area contributed by atoms with Gasteiger partial charge in [0.2, 0.25) is 15.9 Å². The first kappa shape index (κ1) is 25.2. The van der Waals surface area contributed by atoms with Gasteiger partial charge < -0.3 is 10.1 Å². The van der Waals surface area contributed by atoms with E-state index in [0.29, 0.717) is 25.3 Å². The Morgan fingerprint density at radius 2 is 1.61 bits per heavy atom. The molecular formula is C23H32N2O4S2. The molecule has 0 bridgehead atoms. The Morgan fingerprint density at radius 1 is 1.00 bits per heavy atom. The van der Waals surface area contributed by atoms with Crippen LogP contribution >= 0.6 is 11.8 Å². The lowest BCUT2D eigenvalue weighted by Crippen LogP contribution is -2.47. The molecule has 0 saturated carbocycles. The number of thioether (sulfide) groups is 1. The zero-order valence-electron chi connectivity index (χ0n) is 18.4. The van der Waals surface area contributed by atoms with E-state index in [1.54, 1.807) is 36.0 Å². The molecule has 0 aliphatic heterocycles. The van der Waals surface area contributed by atoms with Crippen molar-refractivity contribution in [1.82, 2.24) is 10.0 Å². The van der Waals surface area contributed by atoms with Gasteiger partial charge in [-0.05, 0) is 69.4 Å². The highest BCUT2D eigenvalue weighted by Gasteiger charge is 2.25. The van der Waals surface area contributed by atoms with Crippen molar-refractivity contribution in [2.75, 3.05) is 25.2 Å². The fourth-order valence-electron chi connectivity index (χ4n) is 2.84. The summed E-state index contributed by atoms with van der Waals surface area (Å²) < 4.78 is 33.6. The first-order valence-corrected chi connectivity index (χ1v) is 13.2. The molecule has 0 spiro atoms. The van der Waals surface area contributed by atoms with Gasteiger partial charge in [-0.2, -0.15) is 16.5 Å². The lowest BCUT2D eigenvalue weighted by Gasteiger charge is -2.18. The molecule has 0 aliphatic carbocycles. The maximum Gasteiger partial charge on any atom is 0.241 e. The van der Waals surface area contributed by atoms with E-state index >= 15 is 0 Å². The van der Waals surface area contributed by atoms with E-state index in [-0.39, 0.29) is 10.8 Å². The van der Waals surface area contributed by atoms with Crippen LogP contribution in [0.15, 0.2) is 53.4 Å². The minimum Gasteiger partial charge on any atom is -0.494 e. The van der Waals surface area contributed by atoms with Gasteiger partial charge in [-0.1, -0.05) is 35.4 Å². The summed E-state index contributed by atoms with van der Waals surface area (Å²) in [7, 11) is -3.76. The molecule has 31 heavy (non-hydrogen) atoms. The number of benzene rings is 2. The Morgan fingerprint density at radius 3 is 2.23 bits per heavy atom. The number of carbonyl (C=O) groups excluding carboxylic acids is 1. The van der Waals surface area contributed by atoms with Crippen molar-refractivity contribution in [1.29, 1.82) is 0 Å². The second-order valence-electron chi connectivity index (χ2n) is 7.43. The fourth-order valence-corrected chi connectivity index (χ4v) is 4.54. The lowest BCUT2D eigenvalue weighted by atomic mass is 10.2. The number of hydrogen-bond acceptors (Lipinski definition) is 5. The smallest absolute Gasteiger partial charge is 0.241 e. The quantitative estimate of drug-likeness (QED) is 0.442. The standard InChI is InChI=1S/C23H32N2O4S2/c1-18-6-10-20(11-7-18)29-16-5-4-15-24-23(26)22(14-17-30-3)25-31(27,28)21-12-8-19(2)9-13-21/h6-13,22,25H,4-5,14-17H2,1-3H3,(H,24,26). The van der Waals surface area contributed by atoms with E-state index in [0.717, 1.165) is 24.2 Å². The summed E-state index contributed by atoms with van der Waals surface area (Å²) >= 11 is 1.57. The van der Waals surface area contributed by atoms with Gasteiger partial charge >= 0.3 is 0 Å². The van der Waals surface area contributed by atoms with Crippen LogP contribution < -0.4 is 14.8 Å². The second kappa shape index (κ2) is 12.7. The van der Waals surface area contributed by atoms with Crippen LogP contribution in [0.3, 0.4) is 0 Å². The van der Waals surface area contributed by atoms with E-state index in [2.05, 4.69) is 10.0 Å². The molecule has 0 aromatic heterocycles. The SMILES string of the molecule is CSCCC(NS(=O)(=O)c1ccc(C)cc1)C(=O)NCCCCOc1ccc(C)cc1. The van der Waals surface area contributed by atoms with Crippen LogP contribution in [0.25, 0.3) is 0 Å². The number of hydrogen-bond donors (Lipinski definition) is 2. The second-order valence-corrected chi connectivity index (χ2v) is 10.1. The summed E-state index contributed by atoms with van der Waals surface area (Å²) in [6.45, 7) is 4.96. The predicted molar refractivity (Wildman–Crippen MR) is 127 cm³/mol. The molecule has 1 atom stereocenters. The van der Waals surface area contributed by atoms with E-state index in [1.807, 2.05) is 44.4 Å². The Hall–Kier alpha value is -2.03. The topological polar surface area (TPSA) is 84.5 Å². The van der Waals surface area contributed by atoms with Crippen LogP contribution in [0.2, 0.25) is 0 Å². The summed E-state index contributed by atoms with van der Waals surface area (Å²) in [4.78, 5) is 12.8. The zero-order chi connectivity index (χ0) is 22.7. The van der Waals surface area contributed by atoms with Gasteiger partial charge in [0.05, 0.1) is 11.5 Å². The first-order chi connectivity index (χ1) is 14.8. The molecule has 8 heteroatoms. The fraction of sp³-hybridized carbons (Fsp3) is 0.435. The molecule has 0 aliphatic rings. The summed E-state index contributed by atoms with van der Waals surface area (Å²) in [5.41, 5.74) is 2.16. The number of carbonyl (C=O) groups is 1. The third kappa shape index (κ3) is 8.93. The van der Waals surface area contributed by atoms with Crippen LogP contribution in [0, 0.1) is 13.8 Å². The molecule has 0 saturated heterocycles. The van der Waals surface area contributed by atoms with Crippen molar-refractivity contribution < 1.29 is 17.9 Å². The number of nitrogens with one attached hydrogen (secondary N) is 2. The van der Waals surface area contributed by atoms with Crippen molar-refractivity contribution in [3.8, 4) is 5.75 Å². The Kier molecular flexibility index (Phi) is 10.4. The maximum atomic E-state index is 12.7. The third-order valence-corrected chi connectivity index (χ3v) is 6.85. The van der Waals surface area contributed by atoms with Crippen molar-refractivity contribution >= 4 is 27.7 Å². The monoisotopic (exact) mass is 464 g/mol. The van der Waals surface area contributed by atoms with Crippen LogP contribution in [-0.4, -0.2) is 45.5 Å². The molecule has 2 rings (SSSR count). The third-order valence-electron chi connectivity index (χ3n) is 4.72. The Balaban J connectivity index is 1.80. The summed E-state index contributed by atoms with van der Waals surface area (Å²) in [6.07, 6.45) is 3.89. The molecule has 2 aromatic carbocycles. The van der Waals surface area contributed by atoms with Gasteiger partial charge in [-0.3, -0.25) is 4.79 Å².